The van der Waals surface area contributed by atoms with Crippen LogP contribution in [0.15, 0.2) is 30.3 Å². The Labute approximate surface area is 122 Å². The third-order valence-electron chi connectivity index (χ3n) is 3.20. The quantitative estimate of drug-likeness (QED) is 0.880. The van der Waals surface area contributed by atoms with Gasteiger partial charge in [0.25, 0.3) is 5.91 Å². The van der Waals surface area contributed by atoms with Gasteiger partial charge in [0.2, 0.25) is 0 Å². The van der Waals surface area contributed by atoms with Crippen molar-refractivity contribution in [2.24, 2.45) is 0 Å². The van der Waals surface area contributed by atoms with E-state index < -0.39 is 5.97 Å². The Bertz CT molecular complexity index is 646. The number of amides is 1. The highest BCUT2D eigenvalue weighted by Gasteiger charge is 2.15. The molecule has 0 saturated carbocycles. The standard InChI is InChI=1S/C15H17N3O3/c1-3-12-8-13(17-16-12)14(19)18(2)9-10-4-6-11(7-5-10)15(20)21/h4-8H,3,9H2,1-2H3,(H,16,17)(H,20,21). The van der Waals surface area contributed by atoms with Crippen molar-refractivity contribution >= 4 is 11.9 Å². The summed E-state index contributed by atoms with van der Waals surface area (Å²) in [5, 5.41) is 15.6. The minimum atomic E-state index is -0.963. The lowest BCUT2D eigenvalue weighted by molar-refractivity contribution is 0.0695. The van der Waals surface area contributed by atoms with E-state index in [2.05, 4.69) is 10.2 Å². The Kier molecular flexibility index (Phi) is 4.37. The fourth-order valence-electron chi connectivity index (χ4n) is 1.95. The van der Waals surface area contributed by atoms with Crippen molar-refractivity contribution in [1.82, 2.24) is 15.1 Å². The summed E-state index contributed by atoms with van der Waals surface area (Å²) in [5.74, 6) is -1.14. The molecule has 6 heteroatoms. The highest BCUT2D eigenvalue weighted by atomic mass is 16.4. The highest BCUT2D eigenvalue weighted by molar-refractivity contribution is 5.92. The van der Waals surface area contributed by atoms with Crippen LogP contribution in [0.3, 0.4) is 0 Å². The molecule has 0 saturated heterocycles. The van der Waals surface area contributed by atoms with E-state index in [9.17, 15) is 9.59 Å². The van der Waals surface area contributed by atoms with Crippen LogP contribution >= 0.6 is 0 Å². The van der Waals surface area contributed by atoms with E-state index in [0.717, 1.165) is 17.7 Å². The summed E-state index contributed by atoms with van der Waals surface area (Å²) >= 11 is 0. The molecule has 0 fully saturated rings. The SMILES string of the molecule is CCc1cc(C(=O)N(C)Cc2ccc(C(=O)O)cc2)n[nH]1. The van der Waals surface area contributed by atoms with E-state index in [1.54, 1.807) is 30.1 Å². The van der Waals surface area contributed by atoms with Crippen molar-refractivity contribution in [3.63, 3.8) is 0 Å². The number of hydrogen-bond acceptors (Lipinski definition) is 3. The summed E-state index contributed by atoms with van der Waals surface area (Å²) in [6.45, 7) is 2.38. The van der Waals surface area contributed by atoms with Gasteiger partial charge in [-0.15, -0.1) is 0 Å². The molecule has 6 nitrogen and oxygen atoms in total. The van der Waals surface area contributed by atoms with Crippen LogP contribution in [0.5, 0.6) is 0 Å². The molecule has 0 aliphatic carbocycles. The van der Waals surface area contributed by atoms with Gasteiger partial charge in [0, 0.05) is 19.3 Å². The Hall–Kier alpha value is -2.63. The predicted octanol–water partition coefficient (Wildman–Crippen LogP) is 1.94. The van der Waals surface area contributed by atoms with Gasteiger partial charge in [0.05, 0.1) is 5.56 Å². The number of H-pyrrole nitrogens is 1. The Morgan fingerprint density at radius 2 is 1.95 bits per heavy atom. The van der Waals surface area contributed by atoms with E-state index in [1.165, 1.54) is 12.1 Å². The lowest BCUT2D eigenvalue weighted by Crippen LogP contribution is -2.26. The molecule has 2 aromatic rings. The van der Waals surface area contributed by atoms with E-state index >= 15 is 0 Å². The van der Waals surface area contributed by atoms with Crippen LogP contribution in [0.2, 0.25) is 0 Å². The fraction of sp³-hybridized carbons (Fsp3) is 0.267. The number of aromatic amines is 1. The second-order valence-corrected chi connectivity index (χ2v) is 4.80. The third-order valence-corrected chi connectivity index (χ3v) is 3.20. The average Bonchev–Trinajstić information content (AvgIpc) is 2.95. The third kappa shape index (κ3) is 3.47. The maximum Gasteiger partial charge on any atom is 0.335 e. The monoisotopic (exact) mass is 287 g/mol. The molecule has 110 valence electrons. The fourth-order valence-corrected chi connectivity index (χ4v) is 1.95. The van der Waals surface area contributed by atoms with Crippen molar-refractivity contribution < 1.29 is 14.7 Å². The summed E-state index contributed by atoms with van der Waals surface area (Å²) in [7, 11) is 1.69. The zero-order valence-corrected chi connectivity index (χ0v) is 12.0. The van der Waals surface area contributed by atoms with Crippen molar-refractivity contribution in [3.8, 4) is 0 Å². The smallest absolute Gasteiger partial charge is 0.335 e. The molecule has 2 N–H and O–H groups in total. The normalized spacial score (nSPS) is 10.4. The Morgan fingerprint density at radius 1 is 1.29 bits per heavy atom. The maximum atomic E-state index is 12.2. The largest absolute Gasteiger partial charge is 0.478 e. The lowest BCUT2D eigenvalue weighted by Gasteiger charge is -2.15. The van der Waals surface area contributed by atoms with E-state index in [4.69, 9.17) is 5.11 Å². The zero-order valence-electron chi connectivity index (χ0n) is 12.0. The minimum absolute atomic E-state index is 0.173. The van der Waals surface area contributed by atoms with Crippen molar-refractivity contribution in [2.75, 3.05) is 7.05 Å². The van der Waals surface area contributed by atoms with Crippen LogP contribution in [0.25, 0.3) is 0 Å². The summed E-state index contributed by atoms with van der Waals surface area (Å²) in [6, 6.07) is 8.20. The lowest BCUT2D eigenvalue weighted by atomic mass is 10.1. The molecule has 0 unspecified atom stereocenters. The molecule has 0 spiro atoms. The van der Waals surface area contributed by atoms with E-state index in [0.29, 0.717) is 12.2 Å². The molecule has 1 aromatic carbocycles. The number of nitrogens with one attached hydrogen (secondary N) is 1. The molecule has 0 radical (unpaired) electrons. The van der Waals surface area contributed by atoms with Crippen LogP contribution in [0, 0.1) is 0 Å². The van der Waals surface area contributed by atoms with Crippen molar-refractivity contribution in [2.45, 2.75) is 19.9 Å². The van der Waals surface area contributed by atoms with Gasteiger partial charge in [0.15, 0.2) is 0 Å². The molecule has 1 amide bonds. The van der Waals surface area contributed by atoms with E-state index in [-0.39, 0.29) is 11.5 Å². The van der Waals surface area contributed by atoms with Crippen molar-refractivity contribution in [1.29, 1.82) is 0 Å². The average molecular weight is 287 g/mol. The number of carboxylic acid groups (broad SMARTS) is 1. The van der Waals surface area contributed by atoms with Gasteiger partial charge < -0.3 is 10.0 Å². The van der Waals surface area contributed by atoms with Gasteiger partial charge in [-0.3, -0.25) is 9.89 Å². The maximum absolute atomic E-state index is 12.2. The number of aryl methyl sites for hydroxylation is 1. The topological polar surface area (TPSA) is 86.3 Å². The van der Waals surface area contributed by atoms with Gasteiger partial charge in [-0.05, 0) is 30.2 Å². The van der Waals surface area contributed by atoms with Gasteiger partial charge >= 0.3 is 5.97 Å². The van der Waals surface area contributed by atoms with Crippen LogP contribution in [-0.2, 0) is 13.0 Å². The van der Waals surface area contributed by atoms with Gasteiger partial charge in [-0.25, -0.2) is 4.79 Å². The Morgan fingerprint density at radius 3 is 2.48 bits per heavy atom. The first kappa shape index (κ1) is 14.8. The first-order valence-corrected chi connectivity index (χ1v) is 6.63. The molecular formula is C15H17N3O3. The summed E-state index contributed by atoms with van der Waals surface area (Å²) in [4.78, 5) is 24.5. The number of carboxylic acids is 1. The summed E-state index contributed by atoms with van der Waals surface area (Å²) in [5.41, 5.74) is 2.39. The number of aromatic nitrogens is 2. The number of carbonyl (C=O) groups excluding carboxylic acids is 1. The number of benzene rings is 1. The second kappa shape index (κ2) is 6.21. The molecule has 2 rings (SSSR count). The number of nitrogens with zero attached hydrogens (tertiary/aromatic N) is 2. The van der Waals surface area contributed by atoms with E-state index in [1.807, 2.05) is 6.92 Å². The molecule has 0 bridgehead atoms. The molecule has 0 aliphatic rings. The molecule has 0 aliphatic heterocycles. The molecule has 21 heavy (non-hydrogen) atoms. The van der Waals surface area contributed by atoms with Gasteiger partial charge in [-0.2, -0.15) is 5.10 Å². The zero-order chi connectivity index (χ0) is 15.4. The second-order valence-electron chi connectivity index (χ2n) is 4.80. The molecule has 1 heterocycles. The highest BCUT2D eigenvalue weighted by Crippen LogP contribution is 2.10. The minimum Gasteiger partial charge on any atom is -0.478 e. The predicted molar refractivity (Wildman–Crippen MR) is 77.2 cm³/mol. The number of hydrogen-bond donors (Lipinski definition) is 2. The number of rotatable bonds is 5. The summed E-state index contributed by atoms with van der Waals surface area (Å²) in [6.07, 6.45) is 0.792. The number of aromatic carboxylic acids is 1. The first-order chi connectivity index (χ1) is 10.0. The molecular weight excluding hydrogens is 270 g/mol. The van der Waals surface area contributed by atoms with Gasteiger partial charge in [0.1, 0.15) is 5.69 Å². The Balaban J connectivity index is 2.04. The number of carbonyl (C=O) groups is 2. The molecule has 1 aromatic heterocycles. The van der Waals surface area contributed by atoms with Gasteiger partial charge in [-0.1, -0.05) is 19.1 Å². The van der Waals surface area contributed by atoms with Crippen LogP contribution in [0.1, 0.15) is 39.0 Å². The van der Waals surface area contributed by atoms with Crippen LogP contribution in [-0.4, -0.2) is 39.1 Å². The molecule has 0 atom stereocenters. The summed E-state index contributed by atoms with van der Waals surface area (Å²) < 4.78 is 0. The first-order valence-electron chi connectivity index (χ1n) is 6.63. The van der Waals surface area contributed by atoms with Crippen LogP contribution < -0.4 is 0 Å². The van der Waals surface area contributed by atoms with Crippen molar-refractivity contribution in [3.05, 3.63) is 52.8 Å². The van der Waals surface area contributed by atoms with Crippen LogP contribution in [0.4, 0.5) is 0 Å².